The molecule has 0 heterocycles. The fourth-order valence-corrected chi connectivity index (χ4v) is 1.86. The molecule has 0 N–H and O–H groups in total. The van der Waals surface area contributed by atoms with Crippen molar-refractivity contribution in [2.45, 2.75) is 6.92 Å². The van der Waals surface area contributed by atoms with Crippen LogP contribution < -0.4 is 14.2 Å². The summed E-state index contributed by atoms with van der Waals surface area (Å²) in [4.78, 5) is 0. The standard InChI is InChI=1S/C18H22O3/c1-6-8-14(9-7-2)10-11-15-12-17(20-4)18(21-5)13-16(15)19-3/h6-13H,1H2,2-5H3/b9-7-,11-10+,14-8+. The topological polar surface area (TPSA) is 27.7 Å². The lowest BCUT2D eigenvalue weighted by Crippen LogP contribution is -1.94. The Hall–Kier alpha value is -2.42. The van der Waals surface area contributed by atoms with Crippen LogP contribution in [-0.4, -0.2) is 21.3 Å². The van der Waals surface area contributed by atoms with Crippen LogP contribution in [0.3, 0.4) is 0 Å². The predicted octanol–water partition coefficient (Wildman–Crippen LogP) is 4.41. The van der Waals surface area contributed by atoms with E-state index in [1.54, 1.807) is 27.4 Å². The van der Waals surface area contributed by atoms with Crippen LogP contribution in [0, 0.1) is 0 Å². The van der Waals surface area contributed by atoms with Crippen molar-refractivity contribution in [2.75, 3.05) is 21.3 Å². The molecule has 0 atom stereocenters. The van der Waals surface area contributed by atoms with Crippen molar-refractivity contribution < 1.29 is 14.2 Å². The van der Waals surface area contributed by atoms with Crippen molar-refractivity contribution in [1.29, 1.82) is 0 Å². The molecule has 0 aliphatic rings. The number of benzene rings is 1. The molecule has 0 aliphatic carbocycles. The van der Waals surface area contributed by atoms with Crippen molar-refractivity contribution in [2.24, 2.45) is 0 Å². The predicted molar refractivity (Wildman–Crippen MR) is 88.2 cm³/mol. The van der Waals surface area contributed by atoms with E-state index >= 15 is 0 Å². The Kier molecular flexibility index (Phi) is 6.88. The molecule has 112 valence electrons. The van der Waals surface area contributed by atoms with E-state index in [9.17, 15) is 0 Å². The smallest absolute Gasteiger partial charge is 0.164 e. The number of rotatable bonds is 7. The summed E-state index contributed by atoms with van der Waals surface area (Å²) in [6, 6.07) is 3.69. The number of allylic oxidation sites excluding steroid dienone is 6. The van der Waals surface area contributed by atoms with Crippen LogP contribution in [0.4, 0.5) is 0 Å². The molecule has 0 aliphatic heterocycles. The Labute approximate surface area is 126 Å². The number of methoxy groups -OCH3 is 3. The lowest BCUT2D eigenvalue weighted by atomic mass is 10.1. The Bertz CT molecular complexity index is 566. The number of ether oxygens (including phenoxy) is 3. The van der Waals surface area contributed by atoms with Crippen LogP contribution in [0.25, 0.3) is 6.08 Å². The lowest BCUT2D eigenvalue weighted by Gasteiger charge is -2.12. The van der Waals surface area contributed by atoms with Gasteiger partial charge in [0.05, 0.1) is 21.3 Å². The molecule has 0 bridgehead atoms. The third-order valence-corrected chi connectivity index (χ3v) is 2.86. The summed E-state index contributed by atoms with van der Waals surface area (Å²) in [6.45, 7) is 5.69. The molecule has 1 aromatic rings. The first-order chi connectivity index (χ1) is 10.2. The highest BCUT2D eigenvalue weighted by Gasteiger charge is 2.09. The van der Waals surface area contributed by atoms with E-state index in [2.05, 4.69) is 6.58 Å². The Balaban J connectivity index is 3.22. The zero-order valence-corrected chi connectivity index (χ0v) is 13.1. The van der Waals surface area contributed by atoms with E-state index in [0.717, 1.165) is 16.9 Å². The summed E-state index contributed by atoms with van der Waals surface area (Å²) < 4.78 is 16.0. The molecular formula is C18H22O3. The Morgan fingerprint density at radius 3 is 2.10 bits per heavy atom. The van der Waals surface area contributed by atoms with Gasteiger partial charge in [-0.3, -0.25) is 0 Å². The van der Waals surface area contributed by atoms with Gasteiger partial charge in [0.2, 0.25) is 0 Å². The molecule has 1 aromatic carbocycles. The summed E-state index contributed by atoms with van der Waals surface area (Å²) in [5.41, 5.74) is 1.96. The van der Waals surface area contributed by atoms with Gasteiger partial charge in [0.15, 0.2) is 11.5 Å². The van der Waals surface area contributed by atoms with E-state index in [-0.39, 0.29) is 0 Å². The van der Waals surface area contributed by atoms with Gasteiger partial charge in [0.1, 0.15) is 5.75 Å². The van der Waals surface area contributed by atoms with Crippen molar-refractivity contribution in [3.05, 3.63) is 60.2 Å². The normalized spacial score (nSPS) is 11.9. The van der Waals surface area contributed by atoms with E-state index in [4.69, 9.17) is 14.2 Å². The first-order valence-electron chi connectivity index (χ1n) is 6.63. The molecule has 0 aromatic heterocycles. The summed E-state index contributed by atoms with van der Waals surface area (Å²) >= 11 is 0. The molecule has 0 spiro atoms. The third-order valence-electron chi connectivity index (χ3n) is 2.86. The largest absolute Gasteiger partial charge is 0.496 e. The quantitative estimate of drug-likeness (QED) is 0.695. The zero-order chi connectivity index (χ0) is 15.7. The van der Waals surface area contributed by atoms with Gasteiger partial charge < -0.3 is 14.2 Å². The van der Waals surface area contributed by atoms with Gasteiger partial charge in [0.25, 0.3) is 0 Å². The molecule has 3 heteroatoms. The van der Waals surface area contributed by atoms with Crippen LogP contribution in [-0.2, 0) is 0 Å². The van der Waals surface area contributed by atoms with Crippen LogP contribution in [0.5, 0.6) is 17.2 Å². The minimum absolute atomic E-state index is 0.641. The average molecular weight is 286 g/mol. The summed E-state index contributed by atoms with van der Waals surface area (Å²) in [5, 5.41) is 0. The molecular weight excluding hydrogens is 264 g/mol. The van der Waals surface area contributed by atoms with E-state index in [1.807, 2.05) is 49.4 Å². The van der Waals surface area contributed by atoms with Crippen molar-refractivity contribution in [1.82, 2.24) is 0 Å². The highest BCUT2D eigenvalue weighted by Crippen LogP contribution is 2.35. The van der Waals surface area contributed by atoms with Gasteiger partial charge in [-0.25, -0.2) is 0 Å². The van der Waals surface area contributed by atoms with Crippen LogP contribution in [0.1, 0.15) is 12.5 Å². The first kappa shape index (κ1) is 16.6. The van der Waals surface area contributed by atoms with Crippen molar-refractivity contribution in [3.8, 4) is 17.2 Å². The van der Waals surface area contributed by atoms with Gasteiger partial charge in [-0.2, -0.15) is 0 Å². The number of hydrogen-bond acceptors (Lipinski definition) is 3. The summed E-state index contributed by atoms with van der Waals surface area (Å²) in [5.74, 6) is 2.03. The van der Waals surface area contributed by atoms with Gasteiger partial charge >= 0.3 is 0 Å². The maximum absolute atomic E-state index is 5.40. The van der Waals surface area contributed by atoms with Crippen LogP contribution in [0.15, 0.2) is 54.7 Å². The second-order valence-electron chi connectivity index (χ2n) is 4.18. The fraction of sp³-hybridized carbons (Fsp3) is 0.222. The monoisotopic (exact) mass is 286 g/mol. The minimum Gasteiger partial charge on any atom is -0.496 e. The van der Waals surface area contributed by atoms with Gasteiger partial charge in [0, 0.05) is 11.6 Å². The molecule has 0 unspecified atom stereocenters. The SMILES string of the molecule is C=C/C=C(\C=C/C)/C=C/c1cc(OC)c(OC)cc1OC. The number of hydrogen-bond donors (Lipinski definition) is 0. The van der Waals surface area contributed by atoms with Gasteiger partial charge in [-0.1, -0.05) is 43.0 Å². The van der Waals surface area contributed by atoms with E-state index in [0.29, 0.717) is 11.5 Å². The molecule has 21 heavy (non-hydrogen) atoms. The summed E-state index contributed by atoms with van der Waals surface area (Å²) in [6.07, 6.45) is 11.6. The molecule has 0 fully saturated rings. The van der Waals surface area contributed by atoms with E-state index < -0.39 is 0 Å². The maximum Gasteiger partial charge on any atom is 0.164 e. The second kappa shape index (κ2) is 8.69. The molecule has 0 radical (unpaired) electrons. The summed E-state index contributed by atoms with van der Waals surface area (Å²) in [7, 11) is 4.84. The molecule has 1 rings (SSSR count). The van der Waals surface area contributed by atoms with E-state index in [1.165, 1.54) is 0 Å². The highest BCUT2D eigenvalue weighted by atomic mass is 16.5. The molecule has 3 nitrogen and oxygen atoms in total. The fourth-order valence-electron chi connectivity index (χ4n) is 1.86. The Morgan fingerprint density at radius 1 is 0.952 bits per heavy atom. The van der Waals surface area contributed by atoms with Crippen molar-refractivity contribution in [3.63, 3.8) is 0 Å². The second-order valence-corrected chi connectivity index (χ2v) is 4.18. The maximum atomic E-state index is 5.40. The first-order valence-corrected chi connectivity index (χ1v) is 6.63. The van der Waals surface area contributed by atoms with Gasteiger partial charge in [-0.05, 0) is 18.6 Å². The zero-order valence-electron chi connectivity index (χ0n) is 13.1. The molecule has 0 saturated carbocycles. The van der Waals surface area contributed by atoms with Crippen molar-refractivity contribution >= 4 is 6.08 Å². The third kappa shape index (κ3) is 4.56. The molecule has 0 amide bonds. The average Bonchev–Trinajstić information content (AvgIpc) is 2.52. The molecule has 0 saturated heterocycles. The Morgan fingerprint density at radius 2 is 1.57 bits per heavy atom. The van der Waals surface area contributed by atoms with Crippen LogP contribution in [0.2, 0.25) is 0 Å². The minimum atomic E-state index is 0.641. The van der Waals surface area contributed by atoms with Gasteiger partial charge in [-0.15, -0.1) is 0 Å². The lowest BCUT2D eigenvalue weighted by molar-refractivity contribution is 0.348. The van der Waals surface area contributed by atoms with Crippen LogP contribution >= 0.6 is 0 Å². The highest BCUT2D eigenvalue weighted by molar-refractivity contribution is 5.65.